The smallest absolute Gasteiger partial charge is 0.239 e. The third kappa shape index (κ3) is 2.88. The van der Waals surface area contributed by atoms with Gasteiger partial charge in [0.25, 0.3) is 0 Å². The molecule has 2 radical (unpaired) electrons. The summed E-state index contributed by atoms with van der Waals surface area (Å²) in [6.07, 6.45) is 1.97. The number of ether oxygens (including phenoxy) is 1. The SMILES string of the molecule is [CH2]CCC(Cl)(Cl)C(=O)[C]1OC2CCC1CC2[N+](=O)[O-]. The molecule has 7 heteroatoms. The molecular weight excluding hydrogens is 293 g/mol. The van der Waals surface area contributed by atoms with Gasteiger partial charge in [-0.1, -0.05) is 30.1 Å². The Morgan fingerprint density at radius 2 is 2.21 bits per heavy atom. The summed E-state index contributed by atoms with van der Waals surface area (Å²) in [7, 11) is 0. The van der Waals surface area contributed by atoms with Gasteiger partial charge < -0.3 is 4.74 Å². The first-order chi connectivity index (χ1) is 8.86. The van der Waals surface area contributed by atoms with E-state index in [4.69, 9.17) is 27.9 Å². The number of ketones is 1. The number of Topliss-reactive ketones (excluding diaryl/α,β-unsaturated/α-hetero) is 1. The van der Waals surface area contributed by atoms with Gasteiger partial charge in [-0.25, -0.2) is 0 Å². The summed E-state index contributed by atoms with van der Waals surface area (Å²) >= 11 is 12.0. The second-order valence-electron chi connectivity index (χ2n) is 5.02. The van der Waals surface area contributed by atoms with Crippen molar-refractivity contribution in [1.29, 1.82) is 0 Å². The van der Waals surface area contributed by atoms with Crippen molar-refractivity contribution in [3.63, 3.8) is 0 Å². The fraction of sp³-hybridized carbons (Fsp3) is 0.750. The molecule has 0 aromatic carbocycles. The van der Waals surface area contributed by atoms with E-state index in [9.17, 15) is 14.9 Å². The quantitative estimate of drug-likeness (QED) is 0.445. The molecule has 0 aromatic heterocycles. The predicted molar refractivity (Wildman–Crippen MR) is 70.3 cm³/mol. The van der Waals surface area contributed by atoms with Crippen molar-refractivity contribution in [2.75, 3.05) is 0 Å². The van der Waals surface area contributed by atoms with Gasteiger partial charge in [-0.15, -0.1) is 0 Å². The van der Waals surface area contributed by atoms with E-state index in [-0.39, 0.29) is 23.4 Å². The molecule has 2 aliphatic heterocycles. The van der Waals surface area contributed by atoms with Gasteiger partial charge in [-0.3, -0.25) is 14.9 Å². The second-order valence-corrected chi connectivity index (χ2v) is 6.50. The average Bonchev–Trinajstić information content (AvgIpc) is 2.38. The summed E-state index contributed by atoms with van der Waals surface area (Å²) in [6, 6.07) is -0.733. The van der Waals surface area contributed by atoms with Crippen LogP contribution in [0.2, 0.25) is 0 Å². The number of carbonyl (C=O) groups excluding carboxylic acids is 1. The molecule has 0 amide bonds. The molecule has 106 valence electrons. The minimum absolute atomic E-state index is 0.216. The van der Waals surface area contributed by atoms with Gasteiger partial charge in [0.1, 0.15) is 6.10 Å². The highest BCUT2D eigenvalue weighted by Gasteiger charge is 2.54. The maximum Gasteiger partial charge on any atom is 0.239 e. The Labute approximate surface area is 121 Å². The van der Waals surface area contributed by atoms with E-state index in [1.54, 1.807) is 0 Å². The molecule has 2 saturated heterocycles. The van der Waals surface area contributed by atoms with Gasteiger partial charge in [0.15, 0.2) is 10.4 Å². The number of rotatable bonds is 5. The Balaban J connectivity index is 2.09. The molecule has 0 aromatic rings. The molecular formula is C12H15Cl2NO4. The zero-order chi connectivity index (χ0) is 14.2. The van der Waals surface area contributed by atoms with E-state index in [0.717, 1.165) is 0 Å². The number of fused-ring (bicyclic) bond motifs is 3. The molecule has 3 atom stereocenters. The lowest BCUT2D eigenvalue weighted by Gasteiger charge is -2.43. The average molecular weight is 308 g/mol. The first-order valence-electron chi connectivity index (χ1n) is 6.25. The molecule has 3 fully saturated rings. The number of nitrogens with zero attached hydrogens (tertiary/aromatic N) is 1. The van der Waals surface area contributed by atoms with Crippen molar-refractivity contribution in [1.82, 2.24) is 0 Å². The summed E-state index contributed by atoms with van der Waals surface area (Å²) in [6.45, 7) is 3.62. The molecule has 5 nitrogen and oxygen atoms in total. The molecule has 2 bridgehead atoms. The van der Waals surface area contributed by atoms with Crippen LogP contribution >= 0.6 is 23.2 Å². The molecule has 3 rings (SSSR count). The van der Waals surface area contributed by atoms with Gasteiger partial charge in [-0.2, -0.15) is 0 Å². The van der Waals surface area contributed by atoms with E-state index in [2.05, 4.69) is 6.92 Å². The highest BCUT2D eigenvalue weighted by atomic mass is 35.5. The number of alkyl halides is 2. The lowest BCUT2D eigenvalue weighted by atomic mass is 9.75. The first-order valence-corrected chi connectivity index (χ1v) is 7.01. The molecule has 3 unspecified atom stereocenters. The van der Waals surface area contributed by atoms with Crippen LogP contribution in [0.3, 0.4) is 0 Å². The Kier molecular flexibility index (Phi) is 4.38. The van der Waals surface area contributed by atoms with Crippen molar-refractivity contribution >= 4 is 29.0 Å². The van der Waals surface area contributed by atoms with E-state index < -0.39 is 22.3 Å². The Morgan fingerprint density at radius 3 is 2.68 bits per heavy atom. The van der Waals surface area contributed by atoms with E-state index in [1.165, 1.54) is 0 Å². The lowest BCUT2D eigenvalue weighted by molar-refractivity contribution is -0.545. The number of carbonyl (C=O) groups is 1. The van der Waals surface area contributed by atoms with Gasteiger partial charge in [0.05, 0.1) is 0 Å². The van der Waals surface area contributed by atoms with Gasteiger partial charge in [-0.05, 0) is 25.7 Å². The van der Waals surface area contributed by atoms with E-state index in [0.29, 0.717) is 25.7 Å². The van der Waals surface area contributed by atoms with Crippen molar-refractivity contribution in [3.05, 3.63) is 23.1 Å². The molecule has 3 aliphatic rings. The Morgan fingerprint density at radius 1 is 1.53 bits per heavy atom. The van der Waals surface area contributed by atoms with Crippen molar-refractivity contribution in [2.45, 2.75) is 48.6 Å². The van der Waals surface area contributed by atoms with Crippen LogP contribution in [-0.2, 0) is 9.53 Å². The van der Waals surface area contributed by atoms with Crippen LogP contribution < -0.4 is 0 Å². The van der Waals surface area contributed by atoms with Crippen LogP contribution in [0, 0.1) is 29.1 Å². The van der Waals surface area contributed by atoms with Crippen molar-refractivity contribution in [2.24, 2.45) is 5.92 Å². The number of nitro groups is 1. The Bertz CT molecular complexity index is 388. The van der Waals surface area contributed by atoms with Gasteiger partial charge in [0, 0.05) is 17.3 Å². The predicted octanol–water partition coefficient (Wildman–Crippen LogP) is 2.72. The topological polar surface area (TPSA) is 69.4 Å². The molecule has 0 spiro atoms. The van der Waals surface area contributed by atoms with Crippen LogP contribution in [0.15, 0.2) is 0 Å². The van der Waals surface area contributed by atoms with Crippen LogP contribution in [0.5, 0.6) is 0 Å². The number of halogens is 2. The summed E-state index contributed by atoms with van der Waals surface area (Å²) < 4.78 is 3.95. The molecule has 19 heavy (non-hydrogen) atoms. The normalized spacial score (nSPS) is 31.4. The standard InChI is InChI=1S/C12H15Cl2NO4/c1-2-5-12(13,14)11(16)10-7-3-4-9(19-10)8(6-7)15(17)18/h7-9H,1-6H2. The first kappa shape index (κ1) is 15.0. The summed E-state index contributed by atoms with van der Waals surface area (Å²) in [5.74, 6) is -0.703. The third-order valence-electron chi connectivity index (χ3n) is 3.72. The molecule has 1 saturated carbocycles. The van der Waals surface area contributed by atoms with Crippen LogP contribution in [0.4, 0.5) is 0 Å². The summed E-state index contributed by atoms with van der Waals surface area (Å²) in [4.78, 5) is 22.8. The third-order valence-corrected chi connectivity index (χ3v) is 4.44. The molecule has 1 aliphatic carbocycles. The van der Waals surface area contributed by atoms with Crippen molar-refractivity contribution < 1.29 is 14.5 Å². The highest BCUT2D eigenvalue weighted by Crippen LogP contribution is 2.46. The van der Waals surface area contributed by atoms with Gasteiger partial charge in [0.2, 0.25) is 11.8 Å². The largest absolute Gasteiger partial charge is 0.353 e. The van der Waals surface area contributed by atoms with E-state index >= 15 is 0 Å². The number of hydrogen-bond donors (Lipinski definition) is 0. The van der Waals surface area contributed by atoms with Gasteiger partial charge >= 0.3 is 0 Å². The lowest BCUT2D eigenvalue weighted by Crippen LogP contribution is -2.53. The second kappa shape index (κ2) is 5.54. The van der Waals surface area contributed by atoms with E-state index in [1.807, 2.05) is 0 Å². The molecule has 0 N–H and O–H groups in total. The van der Waals surface area contributed by atoms with Crippen molar-refractivity contribution in [3.8, 4) is 0 Å². The monoisotopic (exact) mass is 307 g/mol. The molecule has 2 heterocycles. The number of hydrogen-bond acceptors (Lipinski definition) is 4. The minimum atomic E-state index is -1.54. The minimum Gasteiger partial charge on any atom is -0.353 e. The Hall–Kier alpha value is -0.390. The van der Waals surface area contributed by atoms with Crippen LogP contribution in [0.1, 0.15) is 32.1 Å². The zero-order valence-electron chi connectivity index (χ0n) is 10.3. The fourth-order valence-corrected chi connectivity index (χ4v) is 3.18. The van der Waals surface area contributed by atoms with Crippen LogP contribution in [0.25, 0.3) is 0 Å². The summed E-state index contributed by atoms with van der Waals surface area (Å²) in [5, 5.41) is 10.9. The maximum absolute atomic E-state index is 12.3. The summed E-state index contributed by atoms with van der Waals surface area (Å²) in [5.41, 5.74) is 0. The van der Waals surface area contributed by atoms with Crippen LogP contribution in [-0.4, -0.2) is 27.2 Å². The maximum atomic E-state index is 12.3. The fourth-order valence-electron chi connectivity index (χ4n) is 2.73. The highest BCUT2D eigenvalue weighted by molar-refractivity contribution is 6.59. The zero-order valence-corrected chi connectivity index (χ0v) is 11.8.